The van der Waals surface area contributed by atoms with Gasteiger partial charge in [0.1, 0.15) is 29.6 Å². The maximum Gasteiger partial charge on any atom is 0.132 e. The molecule has 0 amide bonds. The summed E-state index contributed by atoms with van der Waals surface area (Å²) in [7, 11) is 1.67. The third kappa shape index (κ3) is 4.26. The van der Waals surface area contributed by atoms with Crippen molar-refractivity contribution >= 4 is 23.3 Å². The van der Waals surface area contributed by atoms with Crippen LogP contribution in [0, 0.1) is 19.7 Å². The van der Waals surface area contributed by atoms with Crippen molar-refractivity contribution in [1.29, 1.82) is 0 Å². The summed E-state index contributed by atoms with van der Waals surface area (Å²) >= 11 is 0. The Balaban J connectivity index is 0.00000256. The molecule has 156 valence electrons. The van der Waals surface area contributed by atoms with Gasteiger partial charge in [-0.15, -0.1) is 12.4 Å². The van der Waals surface area contributed by atoms with E-state index in [1.54, 1.807) is 19.2 Å². The van der Waals surface area contributed by atoms with Crippen molar-refractivity contribution in [2.75, 3.05) is 7.11 Å². The van der Waals surface area contributed by atoms with Crippen molar-refractivity contribution in [3.63, 3.8) is 0 Å². The second-order valence-electron chi connectivity index (χ2n) is 7.04. The quantitative estimate of drug-likeness (QED) is 0.388. The number of benzene rings is 2. The number of aromatic nitrogens is 2. The first kappa shape index (κ1) is 21.7. The molecule has 4 aromatic rings. The maximum atomic E-state index is 13.1. The third-order valence-corrected chi connectivity index (χ3v) is 5.29. The van der Waals surface area contributed by atoms with Crippen LogP contribution in [0.3, 0.4) is 0 Å². The average Bonchev–Trinajstić information content (AvgIpc) is 2.99. The number of nitrogens with zero attached hydrogens (tertiary/aromatic N) is 2. The van der Waals surface area contributed by atoms with Crippen LogP contribution < -0.4 is 9.47 Å². The molecule has 2 aromatic carbocycles. The molecular formula is C24H24ClFN2O2. The molecule has 30 heavy (non-hydrogen) atoms. The molecule has 4 nitrogen and oxygen atoms in total. The van der Waals surface area contributed by atoms with Crippen molar-refractivity contribution in [2.24, 2.45) is 0 Å². The molecule has 0 saturated heterocycles. The van der Waals surface area contributed by atoms with E-state index in [-0.39, 0.29) is 18.2 Å². The van der Waals surface area contributed by atoms with E-state index in [2.05, 4.69) is 29.5 Å². The molecule has 2 aromatic heterocycles. The van der Waals surface area contributed by atoms with E-state index in [1.165, 1.54) is 23.4 Å². The first-order chi connectivity index (χ1) is 14.1. The van der Waals surface area contributed by atoms with Crippen LogP contribution in [0.4, 0.5) is 4.39 Å². The Morgan fingerprint density at radius 2 is 1.77 bits per heavy atom. The maximum absolute atomic E-state index is 13.1. The highest BCUT2D eigenvalue weighted by molar-refractivity contribution is 5.87. The lowest BCUT2D eigenvalue weighted by molar-refractivity contribution is 0.302. The van der Waals surface area contributed by atoms with Gasteiger partial charge in [0.15, 0.2) is 0 Å². The molecule has 0 spiro atoms. The largest absolute Gasteiger partial charge is 0.497 e. The number of aryl methyl sites for hydroxylation is 1. The predicted octanol–water partition coefficient (Wildman–Crippen LogP) is 5.85. The summed E-state index contributed by atoms with van der Waals surface area (Å²) in [6, 6.07) is 16.2. The van der Waals surface area contributed by atoms with Crippen molar-refractivity contribution in [3.05, 3.63) is 89.1 Å². The zero-order chi connectivity index (χ0) is 20.4. The third-order valence-electron chi connectivity index (χ3n) is 5.29. The van der Waals surface area contributed by atoms with Crippen LogP contribution in [0.15, 0.2) is 60.8 Å². The van der Waals surface area contributed by atoms with Crippen LogP contribution in [0.1, 0.15) is 22.5 Å². The molecule has 0 radical (unpaired) electrons. The van der Waals surface area contributed by atoms with Gasteiger partial charge in [-0.3, -0.25) is 4.98 Å². The Labute approximate surface area is 181 Å². The second kappa shape index (κ2) is 9.18. The van der Waals surface area contributed by atoms with Gasteiger partial charge in [-0.2, -0.15) is 0 Å². The average molecular weight is 427 g/mol. The zero-order valence-corrected chi connectivity index (χ0v) is 18.0. The van der Waals surface area contributed by atoms with E-state index in [9.17, 15) is 4.39 Å². The van der Waals surface area contributed by atoms with Gasteiger partial charge in [0.2, 0.25) is 0 Å². The predicted molar refractivity (Wildman–Crippen MR) is 119 cm³/mol. The zero-order valence-electron chi connectivity index (χ0n) is 17.2. The summed E-state index contributed by atoms with van der Waals surface area (Å²) < 4.78 is 26.7. The molecule has 0 fully saturated rings. The lowest BCUT2D eigenvalue weighted by Crippen LogP contribution is -2.06. The molecule has 0 atom stereocenters. The van der Waals surface area contributed by atoms with E-state index in [0.29, 0.717) is 18.9 Å². The number of halogens is 2. The van der Waals surface area contributed by atoms with Gasteiger partial charge in [0.25, 0.3) is 0 Å². The molecule has 0 N–H and O–H groups in total. The standard InChI is InChI=1S/C24H23FN2O2.ClH/c1-16-17(2)27(14-18-5-4-6-21(13-18)28-3)24-22(16)11-12-26-23(24)15-29-20-9-7-19(25)8-10-20;/h4-13H,14-15H2,1-3H3;1H. The van der Waals surface area contributed by atoms with E-state index in [4.69, 9.17) is 9.47 Å². The fourth-order valence-electron chi connectivity index (χ4n) is 3.61. The summed E-state index contributed by atoms with van der Waals surface area (Å²) in [6.45, 7) is 5.27. The van der Waals surface area contributed by atoms with Crippen molar-refractivity contribution in [1.82, 2.24) is 9.55 Å². The summed E-state index contributed by atoms with van der Waals surface area (Å²) in [4.78, 5) is 4.59. The van der Waals surface area contributed by atoms with Crippen LogP contribution in [0.2, 0.25) is 0 Å². The van der Waals surface area contributed by atoms with Gasteiger partial charge in [-0.05, 0) is 67.4 Å². The van der Waals surface area contributed by atoms with E-state index >= 15 is 0 Å². The topological polar surface area (TPSA) is 36.3 Å². The summed E-state index contributed by atoms with van der Waals surface area (Å²) in [5.74, 6) is 1.17. The van der Waals surface area contributed by atoms with Crippen molar-refractivity contribution < 1.29 is 13.9 Å². The summed E-state index contributed by atoms with van der Waals surface area (Å²) in [5, 5.41) is 1.16. The van der Waals surface area contributed by atoms with Gasteiger partial charge < -0.3 is 14.0 Å². The van der Waals surface area contributed by atoms with Gasteiger partial charge in [0.05, 0.1) is 12.6 Å². The van der Waals surface area contributed by atoms with Crippen molar-refractivity contribution in [3.8, 4) is 11.5 Å². The molecular weight excluding hydrogens is 403 g/mol. The molecule has 0 aliphatic rings. The molecule has 0 bridgehead atoms. The highest BCUT2D eigenvalue weighted by Gasteiger charge is 2.16. The van der Waals surface area contributed by atoms with Gasteiger partial charge in [0, 0.05) is 23.8 Å². The van der Waals surface area contributed by atoms with Crippen molar-refractivity contribution in [2.45, 2.75) is 27.0 Å². The lowest BCUT2D eigenvalue weighted by Gasteiger charge is -2.13. The molecule has 0 saturated carbocycles. The normalized spacial score (nSPS) is 10.7. The number of pyridine rings is 1. The highest BCUT2D eigenvalue weighted by atomic mass is 35.5. The molecule has 0 aliphatic carbocycles. The number of fused-ring (bicyclic) bond motifs is 1. The molecule has 0 aliphatic heterocycles. The Hall–Kier alpha value is -3.05. The minimum absolute atomic E-state index is 0. The van der Waals surface area contributed by atoms with E-state index in [0.717, 1.165) is 27.9 Å². The molecule has 2 heterocycles. The fraction of sp³-hybridized carbons (Fsp3) is 0.208. The van der Waals surface area contributed by atoms with Crippen LogP contribution in [-0.2, 0) is 13.2 Å². The fourth-order valence-corrected chi connectivity index (χ4v) is 3.61. The number of methoxy groups -OCH3 is 1. The van der Waals surface area contributed by atoms with E-state index in [1.807, 2.05) is 30.5 Å². The van der Waals surface area contributed by atoms with Crippen LogP contribution in [-0.4, -0.2) is 16.7 Å². The number of hydrogen-bond acceptors (Lipinski definition) is 3. The lowest BCUT2D eigenvalue weighted by atomic mass is 10.2. The van der Waals surface area contributed by atoms with E-state index < -0.39 is 0 Å². The molecule has 0 unspecified atom stereocenters. The minimum atomic E-state index is -0.281. The number of ether oxygens (including phenoxy) is 2. The number of hydrogen-bond donors (Lipinski definition) is 0. The summed E-state index contributed by atoms with van der Waals surface area (Å²) in [5.41, 5.74) is 5.49. The van der Waals surface area contributed by atoms with Crippen LogP contribution in [0.5, 0.6) is 11.5 Å². The van der Waals surface area contributed by atoms with Crippen LogP contribution >= 0.6 is 12.4 Å². The Morgan fingerprint density at radius 3 is 2.50 bits per heavy atom. The highest BCUT2D eigenvalue weighted by Crippen LogP contribution is 2.29. The smallest absolute Gasteiger partial charge is 0.132 e. The first-order valence-corrected chi connectivity index (χ1v) is 9.51. The monoisotopic (exact) mass is 426 g/mol. The van der Waals surface area contributed by atoms with Gasteiger partial charge in [-0.1, -0.05) is 12.1 Å². The number of rotatable bonds is 6. The minimum Gasteiger partial charge on any atom is -0.497 e. The second-order valence-corrected chi connectivity index (χ2v) is 7.04. The van der Waals surface area contributed by atoms with Gasteiger partial charge >= 0.3 is 0 Å². The SMILES string of the molecule is COc1cccc(Cn2c(C)c(C)c3ccnc(COc4ccc(F)cc4)c32)c1.Cl. The van der Waals surface area contributed by atoms with Gasteiger partial charge in [-0.25, -0.2) is 4.39 Å². The molecule has 4 rings (SSSR count). The Morgan fingerprint density at radius 1 is 1.00 bits per heavy atom. The first-order valence-electron chi connectivity index (χ1n) is 9.51. The van der Waals surface area contributed by atoms with Crippen LogP contribution in [0.25, 0.3) is 10.9 Å². The Bertz CT molecular complexity index is 1160. The molecule has 6 heteroatoms. The Kier molecular flexibility index (Phi) is 6.63. The summed E-state index contributed by atoms with van der Waals surface area (Å²) in [6.07, 6.45) is 1.81.